The topological polar surface area (TPSA) is 95.6 Å². The Morgan fingerprint density at radius 2 is 1.70 bits per heavy atom. The predicted octanol–water partition coefficient (Wildman–Crippen LogP) is 0.359. The quantitative estimate of drug-likeness (QED) is 0.473. The van der Waals surface area contributed by atoms with Gasteiger partial charge in [-0.15, -0.1) is 0 Å². The van der Waals surface area contributed by atoms with Gasteiger partial charge >= 0.3 is 0 Å². The second-order valence-corrected chi connectivity index (χ2v) is 5.88. The summed E-state index contributed by atoms with van der Waals surface area (Å²) in [6.45, 7) is 4.12. The van der Waals surface area contributed by atoms with Gasteiger partial charge in [0.2, 0.25) is 11.8 Å². The molecule has 0 bridgehead atoms. The summed E-state index contributed by atoms with van der Waals surface area (Å²) in [7, 11) is 1.54. The summed E-state index contributed by atoms with van der Waals surface area (Å²) in [5.41, 5.74) is 0. The summed E-state index contributed by atoms with van der Waals surface area (Å²) < 4.78 is 0. The third-order valence-electron chi connectivity index (χ3n) is 3.70. The van der Waals surface area contributed by atoms with E-state index in [1.165, 1.54) is 17.1 Å². The maximum Gasteiger partial charge on any atom is 0.253 e. The van der Waals surface area contributed by atoms with Crippen LogP contribution in [-0.4, -0.2) is 48.2 Å². The van der Waals surface area contributed by atoms with Gasteiger partial charge < -0.3 is 10.6 Å². The van der Waals surface area contributed by atoms with Crippen LogP contribution in [0.5, 0.6) is 0 Å². The van der Waals surface area contributed by atoms with Crippen molar-refractivity contribution < 1.29 is 19.2 Å². The molecule has 2 N–H and O–H groups in total. The molecule has 0 radical (unpaired) electrons. The normalized spacial score (nSPS) is 15.2. The van der Waals surface area contributed by atoms with Gasteiger partial charge in [0.05, 0.1) is 0 Å². The summed E-state index contributed by atoms with van der Waals surface area (Å²) in [6, 6.07) is -0.529. The van der Waals surface area contributed by atoms with E-state index in [1.54, 1.807) is 7.05 Å². The zero-order chi connectivity index (χ0) is 17.4. The lowest BCUT2D eigenvalue weighted by Gasteiger charge is -2.20. The van der Waals surface area contributed by atoms with E-state index in [1.807, 2.05) is 13.8 Å². The second kappa shape index (κ2) is 9.07. The first-order chi connectivity index (χ1) is 10.9. The first-order valence-electron chi connectivity index (χ1n) is 7.91. The molecule has 1 aliphatic rings. The van der Waals surface area contributed by atoms with Crippen LogP contribution in [0.1, 0.15) is 39.5 Å². The van der Waals surface area contributed by atoms with Gasteiger partial charge in [0.25, 0.3) is 11.8 Å². The Bertz CT molecular complexity index is 482. The molecule has 7 nitrogen and oxygen atoms in total. The SMILES string of the molecule is CNC(=O)[C@@H](NC(=O)CCCCCN1C(=O)C=CC1=O)C(C)C. The largest absolute Gasteiger partial charge is 0.357 e. The average molecular weight is 323 g/mol. The number of carbonyl (C=O) groups is 4. The maximum atomic E-state index is 11.9. The number of hydrogen-bond donors (Lipinski definition) is 2. The molecule has 1 rings (SSSR count). The molecule has 7 heteroatoms. The number of imide groups is 1. The fourth-order valence-electron chi connectivity index (χ4n) is 2.32. The summed E-state index contributed by atoms with van der Waals surface area (Å²) in [5, 5.41) is 5.27. The van der Waals surface area contributed by atoms with Crippen molar-refractivity contribution in [2.45, 2.75) is 45.6 Å². The highest BCUT2D eigenvalue weighted by molar-refractivity contribution is 6.12. The van der Waals surface area contributed by atoms with Gasteiger partial charge in [-0.1, -0.05) is 20.3 Å². The van der Waals surface area contributed by atoms with Crippen LogP contribution in [-0.2, 0) is 19.2 Å². The zero-order valence-corrected chi connectivity index (χ0v) is 13.9. The van der Waals surface area contributed by atoms with Crippen molar-refractivity contribution in [3.05, 3.63) is 12.2 Å². The molecular weight excluding hydrogens is 298 g/mol. The summed E-state index contributed by atoms with van der Waals surface area (Å²) in [6.07, 6.45) is 4.89. The first kappa shape index (κ1) is 18.9. The number of amides is 4. The van der Waals surface area contributed by atoms with E-state index in [4.69, 9.17) is 0 Å². The Labute approximate surface area is 136 Å². The van der Waals surface area contributed by atoms with Gasteiger partial charge in [-0.2, -0.15) is 0 Å². The molecule has 1 atom stereocenters. The minimum Gasteiger partial charge on any atom is -0.357 e. The number of unbranched alkanes of at least 4 members (excludes halogenated alkanes) is 2. The van der Waals surface area contributed by atoms with Crippen molar-refractivity contribution in [2.75, 3.05) is 13.6 Å². The molecule has 1 heterocycles. The van der Waals surface area contributed by atoms with E-state index >= 15 is 0 Å². The minimum atomic E-state index is -0.529. The van der Waals surface area contributed by atoms with Crippen molar-refractivity contribution >= 4 is 23.6 Å². The van der Waals surface area contributed by atoms with E-state index < -0.39 is 6.04 Å². The number of nitrogens with zero attached hydrogens (tertiary/aromatic N) is 1. The van der Waals surface area contributed by atoms with Crippen molar-refractivity contribution in [1.82, 2.24) is 15.5 Å². The zero-order valence-electron chi connectivity index (χ0n) is 13.9. The molecule has 4 amide bonds. The second-order valence-electron chi connectivity index (χ2n) is 5.88. The third-order valence-corrected chi connectivity index (χ3v) is 3.70. The maximum absolute atomic E-state index is 11.9. The smallest absolute Gasteiger partial charge is 0.253 e. The van der Waals surface area contributed by atoms with Crippen LogP contribution in [0, 0.1) is 5.92 Å². The minimum absolute atomic E-state index is 0.0126. The van der Waals surface area contributed by atoms with Crippen molar-refractivity contribution in [2.24, 2.45) is 5.92 Å². The summed E-state index contributed by atoms with van der Waals surface area (Å²) >= 11 is 0. The van der Waals surface area contributed by atoms with E-state index in [2.05, 4.69) is 10.6 Å². The fourth-order valence-corrected chi connectivity index (χ4v) is 2.32. The molecule has 23 heavy (non-hydrogen) atoms. The number of carbonyl (C=O) groups excluding carboxylic acids is 4. The Morgan fingerprint density at radius 3 is 2.22 bits per heavy atom. The van der Waals surface area contributed by atoms with Crippen molar-refractivity contribution in [1.29, 1.82) is 0 Å². The Morgan fingerprint density at radius 1 is 1.09 bits per heavy atom. The van der Waals surface area contributed by atoms with Crippen LogP contribution >= 0.6 is 0 Å². The monoisotopic (exact) mass is 323 g/mol. The lowest BCUT2D eigenvalue weighted by molar-refractivity contribution is -0.137. The molecule has 0 saturated carbocycles. The van der Waals surface area contributed by atoms with E-state index in [9.17, 15) is 19.2 Å². The summed E-state index contributed by atoms with van der Waals surface area (Å²) in [4.78, 5) is 47.5. The number of hydrogen-bond acceptors (Lipinski definition) is 4. The van der Waals surface area contributed by atoms with Gasteiger partial charge in [-0.05, 0) is 18.8 Å². The van der Waals surface area contributed by atoms with Crippen LogP contribution in [0.3, 0.4) is 0 Å². The van der Waals surface area contributed by atoms with Crippen molar-refractivity contribution in [3.63, 3.8) is 0 Å². The highest BCUT2D eigenvalue weighted by Gasteiger charge is 2.23. The Balaban J connectivity index is 2.22. The molecule has 0 aromatic rings. The molecule has 0 fully saturated rings. The lowest BCUT2D eigenvalue weighted by Crippen LogP contribution is -2.48. The van der Waals surface area contributed by atoms with E-state index in [-0.39, 0.29) is 29.5 Å². The van der Waals surface area contributed by atoms with Crippen LogP contribution in [0.4, 0.5) is 0 Å². The number of rotatable bonds is 9. The molecule has 0 spiro atoms. The van der Waals surface area contributed by atoms with Crippen LogP contribution in [0.2, 0.25) is 0 Å². The molecule has 0 aromatic heterocycles. The van der Waals surface area contributed by atoms with Crippen LogP contribution in [0.15, 0.2) is 12.2 Å². The van der Waals surface area contributed by atoms with Crippen molar-refractivity contribution in [3.8, 4) is 0 Å². The molecule has 0 saturated heterocycles. The molecule has 0 aliphatic carbocycles. The first-order valence-corrected chi connectivity index (χ1v) is 7.91. The molecule has 1 aliphatic heterocycles. The molecule has 0 aromatic carbocycles. The third kappa shape index (κ3) is 5.84. The van der Waals surface area contributed by atoms with Gasteiger partial charge in [0, 0.05) is 32.2 Å². The standard InChI is InChI=1S/C16H25N3O4/c1-11(2)15(16(23)17-3)18-12(20)7-5-4-6-10-19-13(21)8-9-14(19)22/h8-9,11,15H,4-7,10H2,1-3H3,(H,17,23)(H,18,20)/t15-/m0/s1. The van der Waals surface area contributed by atoms with E-state index in [0.717, 1.165) is 6.42 Å². The van der Waals surface area contributed by atoms with Gasteiger partial charge in [-0.3, -0.25) is 24.1 Å². The fraction of sp³-hybridized carbons (Fsp3) is 0.625. The van der Waals surface area contributed by atoms with Gasteiger partial charge in [0.15, 0.2) is 0 Å². The van der Waals surface area contributed by atoms with E-state index in [0.29, 0.717) is 25.8 Å². The van der Waals surface area contributed by atoms with Gasteiger partial charge in [-0.25, -0.2) is 0 Å². The lowest BCUT2D eigenvalue weighted by atomic mass is 10.0. The number of nitrogens with one attached hydrogen (secondary N) is 2. The predicted molar refractivity (Wildman–Crippen MR) is 85.2 cm³/mol. The number of likely N-dealkylation sites (N-methyl/N-ethyl adjacent to an activating group) is 1. The van der Waals surface area contributed by atoms with Crippen LogP contribution in [0.25, 0.3) is 0 Å². The molecular formula is C16H25N3O4. The molecule has 128 valence electrons. The Hall–Kier alpha value is -2.18. The average Bonchev–Trinajstić information content (AvgIpc) is 2.82. The molecule has 0 unspecified atom stereocenters. The van der Waals surface area contributed by atoms with Gasteiger partial charge in [0.1, 0.15) is 6.04 Å². The highest BCUT2D eigenvalue weighted by Crippen LogP contribution is 2.08. The Kier molecular flexibility index (Phi) is 7.44. The van der Waals surface area contributed by atoms with Crippen LogP contribution < -0.4 is 10.6 Å². The highest BCUT2D eigenvalue weighted by atomic mass is 16.2. The summed E-state index contributed by atoms with van der Waals surface area (Å²) in [5.74, 6) is -0.913.